The Balaban J connectivity index is 1.31. The number of hydrogen-bond acceptors (Lipinski definition) is 8. The Bertz CT molecular complexity index is 1850. The number of hydrogen-bond donors (Lipinski definition) is 3. The number of carbonyl (C=O) groups excluding carboxylic acids is 2. The maximum Gasteiger partial charge on any atom is 0.424 e. The molecule has 10 nitrogen and oxygen atoms in total. The molecule has 2 fully saturated rings. The van der Waals surface area contributed by atoms with E-state index in [1.165, 1.54) is 43.5 Å². The van der Waals surface area contributed by atoms with Crippen LogP contribution in [0, 0.1) is 5.82 Å². The number of nitrogens with zero attached hydrogens (tertiary/aromatic N) is 1. The third-order valence-electron chi connectivity index (χ3n) is 8.41. The number of methoxy groups -OCH3 is 1. The van der Waals surface area contributed by atoms with Gasteiger partial charge in [-0.3, -0.25) is 4.79 Å². The average molecular weight is 696 g/mol. The van der Waals surface area contributed by atoms with Crippen LogP contribution in [0.15, 0.2) is 84.9 Å². The van der Waals surface area contributed by atoms with Gasteiger partial charge in [-0.15, -0.1) is 0 Å². The second-order valence-corrected chi connectivity index (χ2v) is 12.1. The van der Waals surface area contributed by atoms with Gasteiger partial charge in [0.15, 0.2) is 11.5 Å². The number of alkyl carbamates (subject to hydrolysis) is 1. The maximum atomic E-state index is 14.9. The van der Waals surface area contributed by atoms with Crippen molar-refractivity contribution in [3.63, 3.8) is 0 Å². The molecule has 1 unspecified atom stereocenters. The van der Waals surface area contributed by atoms with Crippen molar-refractivity contribution < 1.29 is 51.2 Å². The van der Waals surface area contributed by atoms with E-state index in [1.807, 2.05) is 0 Å². The van der Waals surface area contributed by atoms with Crippen LogP contribution in [0.4, 0.5) is 22.4 Å². The van der Waals surface area contributed by atoms with Gasteiger partial charge in [-0.2, -0.15) is 13.2 Å². The van der Waals surface area contributed by atoms with Crippen LogP contribution >= 0.6 is 0 Å². The Morgan fingerprint density at radius 3 is 2.32 bits per heavy atom. The summed E-state index contributed by atoms with van der Waals surface area (Å²) in [6, 6.07) is 20.3. The maximum absolute atomic E-state index is 14.9. The van der Waals surface area contributed by atoms with Crippen molar-refractivity contribution in [3.05, 3.63) is 113 Å². The van der Waals surface area contributed by atoms with Crippen molar-refractivity contribution in [3.8, 4) is 22.8 Å². The molecule has 1 aromatic heterocycles. The van der Waals surface area contributed by atoms with Crippen LogP contribution in [0.3, 0.4) is 0 Å². The predicted molar refractivity (Wildman–Crippen MR) is 171 cm³/mol. The molecule has 0 radical (unpaired) electrons. The van der Waals surface area contributed by atoms with Crippen molar-refractivity contribution in [2.75, 3.05) is 26.9 Å². The normalized spacial score (nSPS) is 16.4. The van der Waals surface area contributed by atoms with Gasteiger partial charge in [-0.05, 0) is 78.6 Å². The molecule has 1 saturated heterocycles. The first-order valence-electron chi connectivity index (χ1n) is 15.7. The van der Waals surface area contributed by atoms with Crippen molar-refractivity contribution in [1.29, 1.82) is 0 Å². The molecule has 2 amide bonds. The second kappa shape index (κ2) is 14.0. The van der Waals surface area contributed by atoms with Gasteiger partial charge >= 0.3 is 12.3 Å². The number of carbonyl (C=O) groups is 2. The first-order chi connectivity index (χ1) is 23.9. The number of aromatic nitrogens is 1. The van der Waals surface area contributed by atoms with Gasteiger partial charge in [0.25, 0.3) is 5.91 Å². The molecule has 1 atom stereocenters. The van der Waals surface area contributed by atoms with Crippen LogP contribution in [-0.4, -0.2) is 61.2 Å². The van der Waals surface area contributed by atoms with Gasteiger partial charge in [0, 0.05) is 11.1 Å². The highest BCUT2D eigenvalue weighted by Gasteiger charge is 2.57. The summed E-state index contributed by atoms with van der Waals surface area (Å²) < 4.78 is 80.2. The molecule has 2 heterocycles. The zero-order valence-electron chi connectivity index (χ0n) is 26.8. The fourth-order valence-electron chi connectivity index (χ4n) is 5.28. The fourth-order valence-corrected chi connectivity index (χ4v) is 5.28. The third kappa shape index (κ3) is 7.50. The summed E-state index contributed by atoms with van der Waals surface area (Å²) in [5.74, 6) is -0.906. The van der Waals surface area contributed by atoms with Gasteiger partial charge in [-0.25, -0.2) is 14.2 Å². The molecule has 14 heteroatoms. The summed E-state index contributed by atoms with van der Waals surface area (Å²) >= 11 is 0. The van der Waals surface area contributed by atoms with Crippen LogP contribution in [0.1, 0.15) is 40.0 Å². The van der Waals surface area contributed by atoms with Crippen LogP contribution in [-0.2, 0) is 27.2 Å². The molecule has 1 aliphatic heterocycles. The molecule has 0 bridgehead atoms. The Morgan fingerprint density at radius 2 is 1.70 bits per heavy atom. The lowest BCUT2D eigenvalue weighted by Gasteiger charge is -2.42. The molecule has 1 aliphatic carbocycles. The van der Waals surface area contributed by atoms with E-state index < -0.39 is 47.4 Å². The van der Waals surface area contributed by atoms with E-state index in [4.69, 9.17) is 18.9 Å². The molecule has 0 spiro atoms. The summed E-state index contributed by atoms with van der Waals surface area (Å²) in [6.07, 6.45) is -4.42. The minimum Gasteiger partial charge on any atom is -0.493 e. The van der Waals surface area contributed by atoms with E-state index in [-0.39, 0.29) is 54.1 Å². The lowest BCUT2D eigenvalue weighted by Crippen LogP contribution is -2.59. The number of pyridine rings is 1. The fraction of sp³-hybridized carbons (Fsp3) is 0.306. The molecular weight excluding hydrogens is 662 g/mol. The van der Waals surface area contributed by atoms with E-state index in [1.54, 1.807) is 30.3 Å². The highest BCUT2D eigenvalue weighted by atomic mass is 19.4. The molecule has 262 valence electrons. The summed E-state index contributed by atoms with van der Waals surface area (Å²) in [4.78, 5) is 30.2. The number of benzene rings is 3. The van der Waals surface area contributed by atoms with Crippen LogP contribution < -0.4 is 20.1 Å². The van der Waals surface area contributed by atoms with Crippen molar-refractivity contribution in [1.82, 2.24) is 15.6 Å². The summed E-state index contributed by atoms with van der Waals surface area (Å²) in [6.45, 7) is -1.67. The zero-order chi connectivity index (χ0) is 35.5. The molecule has 4 aromatic rings. The first kappa shape index (κ1) is 34.6. The van der Waals surface area contributed by atoms with Gasteiger partial charge in [0.1, 0.15) is 18.0 Å². The highest BCUT2D eigenvalue weighted by Crippen LogP contribution is 2.41. The van der Waals surface area contributed by atoms with Gasteiger partial charge in [-0.1, -0.05) is 30.3 Å². The molecule has 3 aromatic carbocycles. The predicted octanol–water partition coefficient (Wildman–Crippen LogP) is 5.77. The number of ether oxygens (including phenoxy) is 4. The van der Waals surface area contributed by atoms with Gasteiger partial charge < -0.3 is 34.7 Å². The summed E-state index contributed by atoms with van der Waals surface area (Å²) in [5.41, 5.74) is -5.01. The largest absolute Gasteiger partial charge is 0.493 e. The minimum atomic E-state index is -5.35. The number of halogens is 4. The van der Waals surface area contributed by atoms with Crippen LogP contribution in [0.25, 0.3) is 11.3 Å². The number of alkyl halides is 3. The Morgan fingerprint density at radius 1 is 0.980 bits per heavy atom. The van der Waals surface area contributed by atoms with E-state index in [0.717, 1.165) is 31.0 Å². The highest BCUT2D eigenvalue weighted by molar-refractivity contribution is 5.95. The van der Waals surface area contributed by atoms with E-state index in [9.17, 15) is 32.3 Å². The number of aliphatic hydroxyl groups is 1. The Kier molecular flexibility index (Phi) is 9.67. The number of amides is 2. The first-order valence-corrected chi connectivity index (χ1v) is 15.7. The lowest BCUT2D eigenvalue weighted by molar-refractivity contribution is -0.265. The summed E-state index contributed by atoms with van der Waals surface area (Å²) in [7, 11) is 1.37. The second-order valence-electron chi connectivity index (χ2n) is 12.1. The van der Waals surface area contributed by atoms with E-state index in [2.05, 4.69) is 15.6 Å². The molecule has 2 aliphatic rings. The quantitative estimate of drug-likeness (QED) is 0.160. The smallest absolute Gasteiger partial charge is 0.424 e. The van der Waals surface area contributed by atoms with Gasteiger partial charge in [0.2, 0.25) is 5.60 Å². The Labute approximate surface area is 284 Å². The van der Waals surface area contributed by atoms with E-state index >= 15 is 0 Å². The van der Waals surface area contributed by atoms with E-state index in [0.29, 0.717) is 11.3 Å². The lowest BCUT2D eigenvalue weighted by atomic mass is 9.85. The Hall–Kier alpha value is -5.21. The molecule has 6 rings (SSSR count). The molecule has 3 N–H and O–H groups in total. The zero-order valence-corrected chi connectivity index (χ0v) is 26.8. The summed E-state index contributed by atoms with van der Waals surface area (Å²) in [5, 5.41) is 16.3. The van der Waals surface area contributed by atoms with Crippen LogP contribution in [0.2, 0.25) is 0 Å². The molecule has 50 heavy (non-hydrogen) atoms. The number of nitrogens with one attached hydrogen (secondary N) is 2. The van der Waals surface area contributed by atoms with Gasteiger partial charge in [0.05, 0.1) is 44.4 Å². The average Bonchev–Trinajstić information content (AvgIpc) is 3.92. The topological polar surface area (TPSA) is 128 Å². The SMILES string of the molecule is COc1cc(C(=O)NCC(O)(c2cc(C3(NC(=O)OCc4ccccc4)COC3)cc(-c3ccc(F)cc3)n2)C(F)(F)F)ccc1OC1CC1. The molecular formula is C36H33F4N3O7. The van der Waals surface area contributed by atoms with Crippen molar-refractivity contribution in [2.24, 2.45) is 0 Å². The molecule has 1 saturated carbocycles. The van der Waals surface area contributed by atoms with Crippen molar-refractivity contribution >= 4 is 12.0 Å². The van der Waals surface area contributed by atoms with Crippen molar-refractivity contribution in [2.45, 2.75) is 42.9 Å². The standard InChI is InChI=1S/C36H33F4N3O7/c1-47-30-15-24(9-14-29(30)50-27-12-13-27)32(44)41-19-35(46,36(38,39)40)31-17-25(16-28(42-31)23-7-10-26(37)11-8-23)34(20-48-21-34)43-33(45)49-18-22-5-3-2-4-6-22/h2-11,14-17,27,46H,12-13,18-21H2,1H3,(H,41,44)(H,43,45). The monoisotopic (exact) mass is 695 g/mol. The third-order valence-corrected chi connectivity index (χ3v) is 8.41. The number of rotatable bonds is 12. The minimum absolute atomic E-state index is 0.0352. The van der Waals surface area contributed by atoms with Crippen LogP contribution in [0.5, 0.6) is 11.5 Å².